The van der Waals surface area contributed by atoms with Gasteiger partial charge < -0.3 is 9.84 Å². The highest BCUT2D eigenvalue weighted by Crippen LogP contribution is 2.27. The van der Waals surface area contributed by atoms with Crippen molar-refractivity contribution in [2.24, 2.45) is 0 Å². The molecule has 0 heterocycles. The fourth-order valence-electron chi connectivity index (χ4n) is 1.19. The fourth-order valence-corrected chi connectivity index (χ4v) is 2.23. The minimum absolute atomic E-state index is 0.0645. The third-order valence-electron chi connectivity index (χ3n) is 1.84. The normalized spacial score (nSPS) is 12.1. The molecular formula is C11H14O3S. The molecule has 0 aromatic heterocycles. The van der Waals surface area contributed by atoms with Crippen LogP contribution in [0.3, 0.4) is 0 Å². The highest BCUT2D eigenvalue weighted by molar-refractivity contribution is 8.00. The summed E-state index contributed by atoms with van der Waals surface area (Å²) in [4.78, 5) is 11.5. The molecule has 15 heavy (non-hydrogen) atoms. The molecule has 0 amide bonds. The molecule has 0 spiro atoms. The third kappa shape index (κ3) is 4.25. The number of rotatable bonds is 5. The first kappa shape index (κ1) is 11.9. The molecule has 1 atom stereocenters. The second-order valence-electron chi connectivity index (χ2n) is 3.21. The molecule has 0 aliphatic carbocycles. The predicted octanol–water partition coefficient (Wildman–Crippen LogP) is 2.65. The summed E-state index contributed by atoms with van der Waals surface area (Å²) in [6.07, 6.45) is 0.169. The fraction of sp³-hybridized carbons (Fsp3) is 0.364. The van der Waals surface area contributed by atoms with E-state index in [2.05, 4.69) is 0 Å². The Morgan fingerprint density at radius 2 is 2.33 bits per heavy atom. The number of carbonyl (C=O) groups is 1. The molecule has 1 N–H and O–H groups in total. The van der Waals surface area contributed by atoms with Crippen molar-refractivity contribution >= 4 is 17.7 Å². The molecule has 0 saturated heterocycles. The van der Waals surface area contributed by atoms with Crippen LogP contribution in [-0.4, -0.2) is 23.4 Å². The van der Waals surface area contributed by atoms with Gasteiger partial charge in [-0.15, -0.1) is 11.8 Å². The van der Waals surface area contributed by atoms with Crippen LogP contribution in [-0.2, 0) is 4.79 Å². The second kappa shape index (κ2) is 5.66. The molecule has 1 unspecified atom stereocenters. The van der Waals surface area contributed by atoms with Crippen LogP contribution in [0.4, 0.5) is 0 Å². The molecule has 0 aliphatic rings. The summed E-state index contributed by atoms with van der Waals surface area (Å²) in [7, 11) is 1.62. The van der Waals surface area contributed by atoms with Crippen LogP contribution in [0.5, 0.6) is 5.75 Å². The molecular weight excluding hydrogens is 212 g/mol. The van der Waals surface area contributed by atoms with E-state index in [1.807, 2.05) is 31.2 Å². The van der Waals surface area contributed by atoms with Crippen molar-refractivity contribution in [3.05, 3.63) is 24.3 Å². The smallest absolute Gasteiger partial charge is 0.304 e. The second-order valence-corrected chi connectivity index (χ2v) is 4.72. The average Bonchev–Trinajstić information content (AvgIpc) is 2.16. The Bertz CT molecular complexity index is 338. The van der Waals surface area contributed by atoms with Crippen molar-refractivity contribution in [1.82, 2.24) is 0 Å². The van der Waals surface area contributed by atoms with Gasteiger partial charge in [0, 0.05) is 10.1 Å². The monoisotopic (exact) mass is 226 g/mol. The van der Waals surface area contributed by atoms with E-state index in [1.165, 1.54) is 0 Å². The van der Waals surface area contributed by atoms with E-state index in [0.29, 0.717) is 0 Å². The number of aliphatic carboxylic acids is 1. The Hall–Kier alpha value is -1.16. The number of methoxy groups -OCH3 is 1. The molecule has 0 saturated carbocycles. The predicted molar refractivity (Wildman–Crippen MR) is 60.6 cm³/mol. The molecule has 82 valence electrons. The van der Waals surface area contributed by atoms with Crippen molar-refractivity contribution in [1.29, 1.82) is 0 Å². The Kier molecular flexibility index (Phi) is 4.49. The van der Waals surface area contributed by atoms with Gasteiger partial charge in [-0.1, -0.05) is 13.0 Å². The number of hydrogen-bond acceptors (Lipinski definition) is 3. The maximum absolute atomic E-state index is 10.5. The minimum Gasteiger partial charge on any atom is -0.497 e. The molecule has 1 aromatic rings. The lowest BCUT2D eigenvalue weighted by atomic mass is 10.3. The van der Waals surface area contributed by atoms with Gasteiger partial charge in [0.15, 0.2) is 0 Å². The number of hydrogen-bond donors (Lipinski definition) is 1. The molecule has 4 heteroatoms. The first-order valence-corrected chi connectivity index (χ1v) is 5.52. The quantitative estimate of drug-likeness (QED) is 0.784. The lowest BCUT2D eigenvalue weighted by molar-refractivity contribution is -0.136. The summed E-state index contributed by atoms with van der Waals surface area (Å²) in [6, 6.07) is 7.62. The summed E-state index contributed by atoms with van der Waals surface area (Å²) >= 11 is 1.54. The van der Waals surface area contributed by atoms with Crippen LogP contribution < -0.4 is 4.74 Å². The van der Waals surface area contributed by atoms with Crippen LogP contribution in [0, 0.1) is 0 Å². The van der Waals surface area contributed by atoms with Crippen LogP contribution in [0.25, 0.3) is 0 Å². The number of carboxylic acids is 1. The topological polar surface area (TPSA) is 46.5 Å². The van der Waals surface area contributed by atoms with Gasteiger partial charge >= 0.3 is 5.97 Å². The Labute approximate surface area is 93.4 Å². The van der Waals surface area contributed by atoms with Crippen molar-refractivity contribution < 1.29 is 14.6 Å². The first-order valence-electron chi connectivity index (χ1n) is 4.64. The summed E-state index contributed by atoms with van der Waals surface area (Å²) in [6.45, 7) is 1.90. The molecule has 0 fully saturated rings. The average molecular weight is 226 g/mol. The van der Waals surface area contributed by atoms with Crippen LogP contribution in [0.15, 0.2) is 29.2 Å². The zero-order valence-electron chi connectivity index (χ0n) is 8.77. The number of ether oxygens (including phenoxy) is 1. The van der Waals surface area contributed by atoms with E-state index in [4.69, 9.17) is 9.84 Å². The van der Waals surface area contributed by atoms with Gasteiger partial charge in [0.25, 0.3) is 0 Å². The highest BCUT2D eigenvalue weighted by Gasteiger charge is 2.09. The van der Waals surface area contributed by atoms with Gasteiger partial charge in [-0.3, -0.25) is 4.79 Å². The molecule has 0 aliphatic heterocycles. The van der Waals surface area contributed by atoms with E-state index in [-0.39, 0.29) is 11.7 Å². The van der Waals surface area contributed by atoms with E-state index in [1.54, 1.807) is 18.9 Å². The van der Waals surface area contributed by atoms with E-state index >= 15 is 0 Å². The van der Waals surface area contributed by atoms with Gasteiger partial charge in [-0.05, 0) is 18.2 Å². The standard InChI is InChI=1S/C11H14O3S/c1-8(6-11(12)13)15-10-5-3-4-9(7-10)14-2/h3-5,7-8H,6H2,1-2H3,(H,12,13). The zero-order chi connectivity index (χ0) is 11.3. The van der Waals surface area contributed by atoms with Crippen LogP contribution in [0.1, 0.15) is 13.3 Å². The summed E-state index contributed by atoms with van der Waals surface area (Å²) in [5.74, 6) is 0.0282. The van der Waals surface area contributed by atoms with Crippen molar-refractivity contribution in [2.75, 3.05) is 7.11 Å². The number of benzene rings is 1. The minimum atomic E-state index is -0.766. The van der Waals surface area contributed by atoms with Crippen LogP contribution >= 0.6 is 11.8 Å². The Morgan fingerprint density at radius 1 is 1.60 bits per heavy atom. The van der Waals surface area contributed by atoms with Gasteiger partial charge in [0.2, 0.25) is 0 Å². The van der Waals surface area contributed by atoms with E-state index in [9.17, 15) is 4.79 Å². The first-order chi connectivity index (χ1) is 7.11. The maximum atomic E-state index is 10.5. The van der Waals surface area contributed by atoms with Gasteiger partial charge in [-0.25, -0.2) is 0 Å². The van der Waals surface area contributed by atoms with E-state index < -0.39 is 5.97 Å². The molecule has 0 bridgehead atoms. The SMILES string of the molecule is COc1cccc(SC(C)CC(=O)O)c1. The largest absolute Gasteiger partial charge is 0.497 e. The summed E-state index contributed by atoms with van der Waals surface area (Å²) in [5.41, 5.74) is 0. The van der Waals surface area contributed by atoms with Gasteiger partial charge in [-0.2, -0.15) is 0 Å². The Balaban J connectivity index is 2.59. The Morgan fingerprint density at radius 3 is 2.93 bits per heavy atom. The van der Waals surface area contributed by atoms with Crippen molar-refractivity contribution in [3.63, 3.8) is 0 Å². The van der Waals surface area contributed by atoms with Gasteiger partial charge in [0.05, 0.1) is 13.5 Å². The van der Waals surface area contributed by atoms with E-state index in [0.717, 1.165) is 10.6 Å². The lowest BCUT2D eigenvalue weighted by Gasteiger charge is -2.09. The zero-order valence-corrected chi connectivity index (χ0v) is 9.58. The molecule has 3 nitrogen and oxygen atoms in total. The lowest BCUT2D eigenvalue weighted by Crippen LogP contribution is -2.05. The molecule has 0 radical (unpaired) electrons. The molecule has 1 aromatic carbocycles. The van der Waals surface area contributed by atoms with Crippen molar-refractivity contribution in [2.45, 2.75) is 23.5 Å². The third-order valence-corrected chi connectivity index (χ3v) is 2.94. The maximum Gasteiger partial charge on any atom is 0.304 e. The summed E-state index contributed by atoms with van der Waals surface area (Å²) < 4.78 is 5.09. The summed E-state index contributed by atoms with van der Waals surface area (Å²) in [5, 5.41) is 8.69. The number of thioether (sulfide) groups is 1. The molecule has 1 rings (SSSR count). The number of carboxylic acid groups (broad SMARTS) is 1. The van der Waals surface area contributed by atoms with Crippen molar-refractivity contribution in [3.8, 4) is 5.75 Å². The highest BCUT2D eigenvalue weighted by atomic mass is 32.2. The van der Waals surface area contributed by atoms with Gasteiger partial charge in [0.1, 0.15) is 5.75 Å². The van der Waals surface area contributed by atoms with Crippen LogP contribution in [0.2, 0.25) is 0 Å².